The minimum absolute atomic E-state index is 0.142. The van der Waals surface area contributed by atoms with Crippen molar-refractivity contribution in [1.29, 1.82) is 0 Å². The first kappa shape index (κ1) is 23.3. The second-order valence-corrected chi connectivity index (χ2v) is 12.3. The summed E-state index contributed by atoms with van der Waals surface area (Å²) in [5.74, 6) is 2.29. The van der Waals surface area contributed by atoms with Gasteiger partial charge in [0.05, 0.1) is 17.8 Å². The second-order valence-electron chi connectivity index (χ2n) is 12.3. The van der Waals surface area contributed by atoms with E-state index in [4.69, 9.17) is 0 Å². The maximum Gasteiger partial charge on any atom is 0.0661 e. The SMILES string of the molecule is C[C@H](C=C[C@@H](C)C(C)(C)O)[C@H]1CC[C@H]2C3=CC=C4C[C@@H](O)C[C@H](O)[C@]4(C)[C@H]3CC[C@]12C. The summed E-state index contributed by atoms with van der Waals surface area (Å²) in [6, 6.07) is 0. The molecule has 174 valence electrons. The molecule has 0 aromatic carbocycles. The lowest BCUT2D eigenvalue weighted by molar-refractivity contribution is -0.0537. The number of hydrogen-bond donors (Lipinski definition) is 3. The van der Waals surface area contributed by atoms with Crippen molar-refractivity contribution in [2.45, 2.75) is 97.9 Å². The fourth-order valence-corrected chi connectivity index (χ4v) is 7.66. The maximum atomic E-state index is 11.0. The number of hydrogen-bond acceptors (Lipinski definition) is 3. The first-order valence-corrected chi connectivity index (χ1v) is 12.6. The zero-order valence-corrected chi connectivity index (χ0v) is 20.4. The van der Waals surface area contributed by atoms with Crippen molar-refractivity contribution in [3.05, 3.63) is 35.5 Å². The number of allylic oxidation sites excluding steroid dienone is 4. The normalized spacial score (nSPS) is 44.7. The molecular weight excluding hydrogens is 384 g/mol. The Labute approximate surface area is 189 Å². The van der Waals surface area contributed by atoms with Gasteiger partial charge in [0.2, 0.25) is 0 Å². The van der Waals surface area contributed by atoms with Crippen LogP contribution < -0.4 is 0 Å². The van der Waals surface area contributed by atoms with E-state index in [1.807, 2.05) is 13.8 Å². The molecule has 3 nitrogen and oxygen atoms in total. The van der Waals surface area contributed by atoms with E-state index < -0.39 is 17.8 Å². The van der Waals surface area contributed by atoms with Gasteiger partial charge in [0, 0.05) is 17.8 Å². The van der Waals surface area contributed by atoms with Gasteiger partial charge in [-0.1, -0.05) is 63.1 Å². The Morgan fingerprint density at radius 1 is 1.03 bits per heavy atom. The highest BCUT2D eigenvalue weighted by Crippen LogP contribution is 2.66. The molecule has 0 aromatic rings. The molecule has 0 spiro atoms. The van der Waals surface area contributed by atoms with Crippen LogP contribution in [0.25, 0.3) is 0 Å². The molecule has 0 bridgehead atoms. The number of aliphatic hydroxyl groups is 3. The van der Waals surface area contributed by atoms with Crippen LogP contribution >= 0.6 is 0 Å². The van der Waals surface area contributed by atoms with Crippen LogP contribution in [0.4, 0.5) is 0 Å². The molecule has 4 rings (SSSR count). The van der Waals surface area contributed by atoms with Crippen molar-refractivity contribution in [1.82, 2.24) is 0 Å². The third kappa shape index (κ3) is 3.69. The molecular formula is C28H44O3. The zero-order valence-electron chi connectivity index (χ0n) is 20.4. The summed E-state index contributed by atoms with van der Waals surface area (Å²) >= 11 is 0. The summed E-state index contributed by atoms with van der Waals surface area (Å²) in [5.41, 5.74) is 2.22. The Balaban J connectivity index is 1.58. The van der Waals surface area contributed by atoms with Gasteiger partial charge in [0.15, 0.2) is 0 Å². The maximum absolute atomic E-state index is 11.0. The van der Waals surface area contributed by atoms with Gasteiger partial charge in [-0.05, 0) is 75.0 Å². The van der Waals surface area contributed by atoms with Crippen molar-refractivity contribution in [2.75, 3.05) is 0 Å². The lowest BCUT2D eigenvalue weighted by Gasteiger charge is -2.56. The molecule has 0 saturated heterocycles. The summed E-state index contributed by atoms with van der Waals surface area (Å²) in [7, 11) is 0. The summed E-state index contributed by atoms with van der Waals surface area (Å²) in [6.45, 7) is 13.0. The van der Waals surface area contributed by atoms with Crippen molar-refractivity contribution < 1.29 is 15.3 Å². The topological polar surface area (TPSA) is 60.7 Å². The molecule has 0 radical (unpaired) electrons. The molecule has 3 fully saturated rings. The fourth-order valence-electron chi connectivity index (χ4n) is 7.66. The third-order valence-electron chi connectivity index (χ3n) is 10.2. The van der Waals surface area contributed by atoms with Crippen molar-refractivity contribution >= 4 is 0 Å². The average Bonchev–Trinajstić information content (AvgIpc) is 3.03. The molecule has 4 aliphatic rings. The van der Waals surface area contributed by atoms with Crippen molar-refractivity contribution in [3.8, 4) is 0 Å². The van der Waals surface area contributed by atoms with Crippen LogP contribution in [-0.2, 0) is 0 Å². The smallest absolute Gasteiger partial charge is 0.0661 e. The molecule has 0 aromatic heterocycles. The van der Waals surface area contributed by atoms with Crippen LogP contribution in [-0.4, -0.2) is 33.1 Å². The molecule has 3 saturated carbocycles. The van der Waals surface area contributed by atoms with Gasteiger partial charge in [-0.3, -0.25) is 0 Å². The molecule has 9 atom stereocenters. The average molecular weight is 429 g/mol. The minimum Gasteiger partial charge on any atom is -0.393 e. The molecule has 3 heteroatoms. The van der Waals surface area contributed by atoms with Crippen LogP contribution in [0.3, 0.4) is 0 Å². The highest BCUT2D eigenvalue weighted by atomic mass is 16.3. The zero-order chi connectivity index (χ0) is 22.8. The van der Waals surface area contributed by atoms with Crippen LogP contribution in [0.5, 0.6) is 0 Å². The Morgan fingerprint density at radius 2 is 1.74 bits per heavy atom. The number of fused-ring (bicyclic) bond motifs is 5. The Hall–Kier alpha value is -0.900. The lowest BCUT2D eigenvalue weighted by atomic mass is 9.49. The first-order valence-electron chi connectivity index (χ1n) is 12.6. The van der Waals surface area contributed by atoms with E-state index in [-0.39, 0.29) is 11.3 Å². The van der Waals surface area contributed by atoms with E-state index in [1.165, 1.54) is 24.8 Å². The lowest BCUT2D eigenvalue weighted by Crippen LogP contribution is -2.52. The minimum atomic E-state index is -0.683. The first-order chi connectivity index (χ1) is 14.4. The summed E-state index contributed by atoms with van der Waals surface area (Å²) < 4.78 is 0. The number of aliphatic hydroxyl groups excluding tert-OH is 2. The third-order valence-corrected chi connectivity index (χ3v) is 10.2. The van der Waals surface area contributed by atoms with Gasteiger partial charge >= 0.3 is 0 Å². The fraction of sp³-hybridized carbons (Fsp3) is 0.786. The van der Waals surface area contributed by atoms with Gasteiger partial charge < -0.3 is 15.3 Å². The predicted octanol–water partition coefficient (Wildman–Crippen LogP) is 5.42. The molecule has 3 N–H and O–H groups in total. The van der Waals surface area contributed by atoms with Gasteiger partial charge in [0.1, 0.15) is 0 Å². The molecule has 31 heavy (non-hydrogen) atoms. The monoisotopic (exact) mass is 428 g/mol. The standard InChI is InChI=1S/C28H44O3/c1-17(7-8-18(2)26(3,4)31)22-11-12-23-21-10-9-19-15-20(29)16-25(30)28(19,6)24(21)13-14-27(22,23)5/h7-10,17-18,20,22-25,29-31H,11-16H2,1-6H3/t17-,18-,20-,22-,23+,24+,25+,27-,28+/m1/s1. The largest absolute Gasteiger partial charge is 0.393 e. The molecule has 0 amide bonds. The second kappa shape index (κ2) is 7.85. The molecule has 0 heterocycles. The highest BCUT2D eigenvalue weighted by Gasteiger charge is 2.58. The summed E-state index contributed by atoms with van der Waals surface area (Å²) in [5, 5.41) is 31.5. The highest BCUT2D eigenvalue weighted by molar-refractivity contribution is 5.40. The van der Waals surface area contributed by atoms with Crippen LogP contribution in [0.2, 0.25) is 0 Å². The van der Waals surface area contributed by atoms with Crippen LogP contribution in [0.15, 0.2) is 35.5 Å². The summed E-state index contributed by atoms with van der Waals surface area (Å²) in [4.78, 5) is 0. The van der Waals surface area contributed by atoms with Gasteiger partial charge in [-0.25, -0.2) is 0 Å². The van der Waals surface area contributed by atoms with E-state index in [0.717, 1.165) is 6.42 Å². The van der Waals surface area contributed by atoms with Gasteiger partial charge in [-0.15, -0.1) is 0 Å². The van der Waals surface area contributed by atoms with Crippen LogP contribution in [0.1, 0.15) is 80.1 Å². The van der Waals surface area contributed by atoms with E-state index >= 15 is 0 Å². The van der Waals surface area contributed by atoms with Crippen LogP contribution in [0, 0.1) is 40.4 Å². The van der Waals surface area contributed by atoms with E-state index in [2.05, 4.69) is 52.0 Å². The van der Waals surface area contributed by atoms with Gasteiger partial charge in [0.25, 0.3) is 0 Å². The van der Waals surface area contributed by atoms with E-state index in [1.54, 1.807) is 5.57 Å². The van der Waals surface area contributed by atoms with E-state index in [9.17, 15) is 15.3 Å². The molecule has 0 aliphatic heterocycles. The number of rotatable bonds is 4. The molecule has 4 aliphatic carbocycles. The Kier molecular flexibility index (Phi) is 5.89. The Bertz CT molecular complexity index is 787. The molecule has 0 unspecified atom stereocenters. The van der Waals surface area contributed by atoms with Crippen molar-refractivity contribution in [3.63, 3.8) is 0 Å². The predicted molar refractivity (Wildman–Crippen MR) is 126 cm³/mol. The van der Waals surface area contributed by atoms with Gasteiger partial charge in [-0.2, -0.15) is 0 Å². The van der Waals surface area contributed by atoms with E-state index in [0.29, 0.717) is 41.9 Å². The quantitative estimate of drug-likeness (QED) is 0.524. The van der Waals surface area contributed by atoms with Crippen molar-refractivity contribution in [2.24, 2.45) is 40.4 Å². The Morgan fingerprint density at radius 3 is 2.42 bits per heavy atom. The summed E-state index contributed by atoms with van der Waals surface area (Å²) in [6.07, 6.45) is 14.4.